The average Bonchev–Trinajstić information content (AvgIpc) is 3.09. The number of carbonyl (C=O) groups excluding carboxylic acids is 1. The molecule has 3 rings (SSSR count). The Labute approximate surface area is 149 Å². The van der Waals surface area contributed by atoms with E-state index in [1.807, 2.05) is 34.8 Å². The van der Waals surface area contributed by atoms with E-state index in [1.165, 1.54) is 18.2 Å². The number of aromatic nitrogens is 1. The van der Waals surface area contributed by atoms with Gasteiger partial charge in [0.15, 0.2) is 0 Å². The van der Waals surface area contributed by atoms with Gasteiger partial charge in [-0.3, -0.25) is 4.79 Å². The molecule has 1 aliphatic carbocycles. The van der Waals surface area contributed by atoms with Gasteiger partial charge < -0.3 is 20.4 Å². The van der Waals surface area contributed by atoms with Crippen LogP contribution in [0.2, 0.25) is 0 Å². The van der Waals surface area contributed by atoms with E-state index in [0.29, 0.717) is 12.5 Å². The number of nitrogens with zero attached hydrogens (tertiary/aromatic N) is 2. The van der Waals surface area contributed by atoms with Gasteiger partial charge in [0.1, 0.15) is 0 Å². The van der Waals surface area contributed by atoms with E-state index in [4.69, 9.17) is 0 Å². The monoisotopic (exact) mass is 311 g/mol. The van der Waals surface area contributed by atoms with Crippen LogP contribution in [0.4, 0.5) is 0 Å². The van der Waals surface area contributed by atoms with Gasteiger partial charge in [0.05, 0.1) is 6.42 Å². The van der Waals surface area contributed by atoms with Crippen molar-refractivity contribution in [2.75, 3.05) is 7.05 Å². The molecule has 1 heterocycles. The van der Waals surface area contributed by atoms with Crippen LogP contribution in [0.25, 0.3) is 10.9 Å². The Morgan fingerprint density at radius 3 is 2.61 bits per heavy atom. The maximum absolute atomic E-state index is 12.4. The first-order valence-electron chi connectivity index (χ1n) is 7.31. The van der Waals surface area contributed by atoms with Crippen molar-refractivity contribution in [3.8, 4) is 0 Å². The minimum absolute atomic E-state index is 0. The molecule has 2 aromatic rings. The van der Waals surface area contributed by atoms with Crippen molar-refractivity contribution in [1.29, 1.82) is 0 Å². The van der Waals surface area contributed by atoms with Crippen molar-refractivity contribution in [3.63, 3.8) is 0 Å². The Balaban J connectivity index is 0.00000161. The number of hydrogen-bond acceptors (Lipinski definition) is 2. The molecule has 23 heavy (non-hydrogen) atoms. The minimum atomic E-state index is 0. The van der Waals surface area contributed by atoms with Gasteiger partial charge in [0.2, 0.25) is 5.91 Å². The van der Waals surface area contributed by atoms with Crippen molar-refractivity contribution >= 4 is 16.8 Å². The van der Waals surface area contributed by atoms with E-state index in [9.17, 15) is 4.79 Å². The zero-order valence-electron chi connectivity index (χ0n) is 14.0. The topological polar surface area (TPSA) is 86.7 Å². The van der Waals surface area contributed by atoms with E-state index >= 15 is 0 Å². The van der Waals surface area contributed by atoms with Crippen LogP contribution in [0, 0.1) is 7.05 Å². The molecule has 0 saturated heterocycles. The van der Waals surface area contributed by atoms with Crippen molar-refractivity contribution in [1.82, 2.24) is 9.47 Å². The van der Waals surface area contributed by atoms with Crippen LogP contribution in [-0.2, 0) is 11.2 Å². The van der Waals surface area contributed by atoms with Gasteiger partial charge in [-0.25, -0.2) is 0 Å². The van der Waals surface area contributed by atoms with Crippen molar-refractivity contribution in [3.05, 3.63) is 43.1 Å². The maximum Gasteiger partial charge on any atom is 1.00 e. The molecule has 1 aromatic heterocycles. The molecule has 3 N–H and O–H groups in total. The molecule has 1 saturated carbocycles. The van der Waals surface area contributed by atoms with Crippen molar-refractivity contribution < 1.29 is 34.6 Å². The molecule has 5 nitrogen and oxygen atoms in total. The van der Waals surface area contributed by atoms with Crippen LogP contribution in [0.5, 0.6) is 0 Å². The van der Waals surface area contributed by atoms with E-state index in [-0.39, 0.29) is 35.7 Å². The number of likely N-dealkylation sites (N-methyl/N-ethyl adjacent to an activating group) is 1. The Morgan fingerprint density at radius 1 is 1.30 bits per heavy atom. The molecule has 1 fully saturated rings. The molecule has 1 aliphatic rings. The summed E-state index contributed by atoms with van der Waals surface area (Å²) in [6.45, 7) is 0. The first-order chi connectivity index (χ1) is 9.65. The largest absolute Gasteiger partial charge is 1.00 e. The van der Waals surface area contributed by atoms with Crippen LogP contribution < -0.4 is 18.9 Å². The first-order valence-corrected chi connectivity index (χ1v) is 7.31. The van der Waals surface area contributed by atoms with Gasteiger partial charge in [0.25, 0.3) is 0 Å². The van der Waals surface area contributed by atoms with Crippen LogP contribution in [0.15, 0.2) is 30.5 Å². The number of benzene rings is 1. The Kier molecular flexibility index (Phi) is 8.65. The van der Waals surface area contributed by atoms with Crippen molar-refractivity contribution in [2.24, 2.45) is 0 Å². The fourth-order valence-corrected chi connectivity index (χ4v) is 3.13. The number of fused-ring (bicyclic) bond motifs is 1. The van der Waals surface area contributed by atoms with E-state index in [0.717, 1.165) is 23.9 Å². The predicted octanol–water partition coefficient (Wildman–Crippen LogP) is -0.773. The molecule has 1 radical (unpaired) electrons. The standard InChI is InChI=1S/C17H21N2O.Li.2H2O/c1-18-10-9-14-8-7-13(11-16(14)18)12-17(20)19(2)15-5-3-4-6-15;;;/h7-11,15H,1,3-6,12H2,2H3;;2*1H2/q;+1;;/p-1. The summed E-state index contributed by atoms with van der Waals surface area (Å²) >= 11 is 0. The summed E-state index contributed by atoms with van der Waals surface area (Å²) in [6.07, 6.45) is 7.24. The molecule has 0 spiro atoms. The number of rotatable bonds is 3. The molecule has 6 heteroatoms. The van der Waals surface area contributed by atoms with Crippen LogP contribution in [0.1, 0.15) is 31.2 Å². The summed E-state index contributed by atoms with van der Waals surface area (Å²) in [6, 6.07) is 8.67. The zero-order chi connectivity index (χ0) is 14.1. The third kappa shape index (κ3) is 4.62. The van der Waals surface area contributed by atoms with E-state index < -0.39 is 0 Å². The normalized spacial score (nSPS) is 13.8. The van der Waals surface area contributed by atoms with Gasteiger partial charge in [-0.15, -0.1) is 0 Å². The Morgan fingerprint density at radius 2 is 1.96 bits per heavy atom. The first kappa shape index (κ1) is 21.7. The molecule has 0 atom stereocenters. The SMILES string of the molecule is O.[CH2]n1ccc2ccc(CC(=O)N(C)C3CCCC3)cc21.[Li+].[OH-]. The second-order valence-electron chi connectivity index (χ2n) is 5.80. The van der Waals surface area contributed by atoms with Gasteiger partial charge >= 0.3 is 18.9 Å². The molecular formula is C17H24LiN2O3. The van der Waals surface area contributed by atoms with E-state index in [2.05, 4.69) is 19.2 Å². The third-order valence-corrected chi connectivity index (χ3v) is 4.46. The quantitative estimate of drug-likeness (QED) is 0.697. The van der Waals surface area contributed by atoms with Crippen LogP contribution in [-0.4, -0.2) is 39.4 Å². The molecular weight excluding hydrogens is 287 g/mol. The second-order valence-corrected chi connectivity index (χ2v) is 5.80. The summed E-state index contributed by atoms with van der Waals surface area (Å²) in [5.41, 5.74) is 2.15. The molecule has 1 amide bonds. The molecule has 0 aliphatic heterocycles. The summed E-state index contributed by atoms with van der Waals surface area (Å²) in [7, 11) is 5.89. The summed E-state index contributed by atoms with van der Waals surface area (Å²) in [5.74, 6) is 0.221. The summed E-state index contributed by atoms with van der Waals surface area (Å²) in [5, 5.41) is 1.17. The number of amides is 1. The van der Waals surface area contributed by atoms with Crippen molar-refractivity contribution in [2.45, 2.75) is 38.1 Å². The summed E-state index contributed by atoms with van der Waals surface area (Å²) < 4.78 is 1.85. The average molecular weight is 311 g/mol. The van der Waals surface area contributed by atoms with Gasteiger partial charge in [-0.1, -0.05) is 25.0 Å². The molecule has 121 valence electrons. The fraction of sp³-hybridized carbons (Fsp3) is 0.412. The number of carbonyl (C=O) groups is 1. The third-order valence-electron chi connectivity index (χ3n) is 4.46. The predicted molar refractivity (Wildman–Crippen MR) is 87.0 cm³/mol. The minimum Gasteiger partial charge on any atom is -0.870 e. The smallest absolute Gasteiger partial charge is 0.870 e. The fourth-order valence-electron chi connectivity index (χ4n) is 3.13. The zero-order valence-corrected chi connectivity index (χ0v) is 14.0. The summed E-state index contributed by atoms with van der Waals surface area (Å²) in [4.78, 5) is 14.3. The van der Waals surface area contributed by atoms with Crippen LogP contribution >= 0.6 is 0 Å². The molecule has 0 bridgehead atoms. The van der Waals surface area contributed by atoms with Crippen LogP contribution in [0.3, 0.4) is 0 Å². The second kappa shape index (κ2) is 9.14. The molecule has 1 aromatic carbocycles. The Bertz CT molecular complexity index is 636. The molecule has 0 unspecified atom stereocenters. The number of hydrogen-bond donors (Lipinski definition) is 0. The van der Waals surface area contributed by atoms with E-state index in [1.54, 1.807) is 0 Å². The van der Waals surface area contributed by atoms with Gasteiger partial charge in [-0.05, 0) is 35.9 Å². The Hall–Kier alpha value is -1.25. The van der Waals surface area contributed by atoms with Gasteiger partial charge in [-0.2, -0.15) is 0 Å². The maximum atomic E-state index is 12.4. The van der Waals surface area contributed by atoms with Gasteiger partial charge in [0, 0.05) is 31.9 Å².